The molecule has 1 aromatic heterocycles. The van der Waals surface area contributed by atoms with Gasteiger partial charge in [-0.05, 0) is 12.1 Å². The molecule has 0 radical (unpaired) electrons. The highest BCUT2D eigenvalue weighted by Crippen LogP contribution is 2.28. The second kappa shape index (κ2) is 4.96. The topological polar surface area (TPSA) is 42.7 Å². The van der Waals surface area contributed by atoms with Gasteiger partial charge in [0.15, 0.2) is 17.1 Å². The van der Waals surface area contributed by atoms with Crippen molar-refractivity contribution in [3.8, 4) is 5.75 Å². The predicted octanol–water partition coefficient (Wildman–Crippen LogP) is 2.70. The molecule has 1 aromatic carbocycles. The second-order valence-electron chi connectivity index (χ2n) is 4.13. The Labute approximate surface area is 105 Å². The SMILES string of the molecule is COc1cccc2cc(C(=O)/C=C/N(C)C)oc12. The summed E-state index contributed by atoms with van der Waals surface area (Å²) in [6.07, 6.45) is 3.16. The molecular formula is C14H15NO3. The van der Waals surface area contributed by atoms with Crippen molar-refractivity contribution in [1.82, 2.24) is 4.90 Å². The van der Waals surface area contributed by atoms with Crippen LogP contribution in [0.25, 0.3) is 11.0 Å². The number of fused-ring (bicyclic) bond motifs is 1. The molecule has 0 atom stereocenters. The van der Waals surface area contributed by atoms with Gasteiger partial charge >= 0.3 is 0 Å². The molecule has 0 unspecified atom stereocenters. The van der Waals surface area contributed by atoms with Gasteiger partial charge in [0.25, 0.3) is 0 Å². The number of methoxy groups -OCH3 is 1. The number of ketones is 1. The molecule has 0 N–H and O–H groups in total. The number of hydrogen-bond acceptors (Lipinski definition) is 4. The first kappa shape index (κ1) is 12.2. The zero-order valence-corrected chi connectivity index (χ0v) is 10.6. The minimum Gasteiger partial charge on any atom is -0.493 e. The number of rotatable bonds is 4. The van der Waals surface area contributed by atoms with E-state index in [0.29, 0.717) is 17.1 Å². The molecule has 0 aliphatic heterocycles. The van der Waals surface area contributed by atoms with Crippen LogP contribution in [0.5, 0.6) is 5.75 Å². The number of para-hydroxylation sites is 1. The predicted molar refractivity (Wildman–Crippen MR) is 69.9 cm³/mol. The monoisotopic (exact) mass is 245 g/mol. The highest BCUT2D eigenvalue weighted by molar-refractivity contribution is 6.05. The molecule has 4 nitrogen and oxygen atoms in total. The third-order valence-electron chi connectivity index (χ3n) is 2.49. The average Bonchev–Trinajstić information content (AvgIpc) is 2.79. The van der Waals surface area contributed by atoms with Crippen molar-refractivity contribution >= 4 is 16.8 Å². The first-order valence-electron chi connectivity index (χ1n) is 5.57. The fourth-order valence-electron chi connectivity index (χ4n) is 1.62. The molecule has 0 spiro atoms. The van der Waals surface area contributed by atoms with Crippen molar-refractivity contribution < 1.29 is 13.9 Å². The minimum atomic E-state index is -0.165. The lowest BCUT2D eigenvalue weighted by atomic mass is 10.2. The van der Waals surface area contributed by atoms with E-state index < -0.39 is 0 Å². The smallest absolute Gasteiger partial charge is 0.222 e. The van der Waals surface area contributed by atoms with Gasteiger partial charge in [0, 0.05) is 31.8 Å². The van der Waals surface area contributed by atoms with Crippen LogP contribution in [0, 0.1) is 0 Å². The van der Waals surface area contributed by atoms with Gasteiger partial charge in [0.1, 0.15) is 0 Å². The van der Waals surface area contributed by atoms with Crippen LogP contribution in [0.2, 0.25) is 0 Å². The lowest BCUT2D eigenvalue weighted by Crippen LogP contribution is -2.02. The van der Waals surface area contributed by atoms with Crippen molar-refractivity contribution in [3.63, 3.8) is 0 Å². The number of ether oxygens (including phenoxy) is 1. The fraction of sp³-hybridized carbons (Fsp3) is 0.214. The highest BCUT2D eigenvalue weighted by Gasteiger charge is 2.12. The number of allylic oxidation sites excluding steroid dienone is 1. The number of hydrogen-bond donors (Lipinski definition) is 0. The quantitative estimate of drug-likeness (QED) is 0.613. The van der Waals surface area contributed by atoms with Gasteiger partial charge in [-0.15, -0.1) is 0 Å². The molecular weight excluding hydrogens is 230 g/mol. The van der Waals surface area contributed by atoms with Gasteiger partial charge < -0.3 is 14.1 Å². The Kier molecular flexibility index (Phi) is 3.37. The third-order valence-corrected chi connectivity index (χ3v) is 2.49. The van der Waals surface area contributed by atoms with Crippen molar-refractivity contribution in [2.75, 3.05) is 21.2 Å². The van der Waals surface area contributed by atoms with Crippen LogP contribution in [0.3, 0.4) is 0 Å². The summed E-state index contributed by atoms with van der Waals surface area (Å²) in [5, 5.41) is 0.857. The maximum atomic E-state index is 11.9. The average molecular weight is 245 g/mol. The maximum Gasteiger partial charge on any atom is 0.222 e. The van der Waals surface area contributed by atoms with E-state index in [2.05, 4.69) is 0 Å². The molecule has 2 rings (SSSR count). The Bertz CT molecular complexity index is 596. The van der Waals surface area contributed by atoms with Crippen LogP contribution in [0.1, 0.15) is 10.6 Å². The van der Waals surface area contributed by atoms with E-state index in [1.165, 1.54) is 6.08 Å². The van der Waals surface area contributed by atoms with E-state index >= 15 is 0 Å². The van der Waals surface area contributed by atoms with Gasteiger partial charge in [-0.3, -0.25) is 4.79 Å². The number of benzene rings is 1. The number of nitrogens with zero attached hydrogens (tertiary/aromatic N) is 1. The Morgan fingerprint density at radius 1 is 1.39 bits per heavy atom. The van der Waals surface area contributed by atoms with Crippen LogP contribution >= 0.6 is 0 Å². The van der Waals surface area contributed by atoms with Crippen LogP contribution in [0.15, 0.2) is 41.0 Å². The lowest BCUT2D eigenvalue weighted by Gasteiger charge is -2.01. The Morgan fingerprint density at radius 2 is 2.17 bits per heavy atom. The molecule has 94 valence electrons. The summed E-state index contributed by atoms with van der Waals surface area (Å²) in [5.74, 6) is 0.776. The molecule has 4 heteroatoms. The zero-order valence-electron chi connectivity index (χ0n) is 10.6. The first-order valence-corrected chi connectivity index (χ1v) is 5.57. The lowest BCUT2D eigenvalue weighted by molar-refractivity contribution is 0.102. The summed E-state index contributed by atoms with van der Waals surface area (Å²) in [6.45, 7) is 0. The molecule has 18 heavy (non-hydrogen) atoms. The third kappa shape index (κ3) is 2.37. The standard InChI is InChI=1S/C14H15NO3/c1-15(2)8-7-11(16)13-9-10-5-4-6-12(17-3)14(10)18-13/h4-9H,1-3H3/b8-7+. The van der Waals surface area contributed by atoms with Gasteiger partial charge in [-0.2, -0.15) is 0 Å². The van der Waals surface area contributed by atoms with Crippen molar-refractivity contribution in [3.05, 3.63) is 42.3 Å². The van der Waals surface area contributed by atoms with Crippen LogP contribution in [-0.2, 0) is 0 Å². The molecule has 2 aromatic rings. The van der Waals surface area contributed by atoms with Crippen molar-refractivity contribution in [2.45, 2.75) is 0 Å². The zero-order chi connectivity index (χ0) is 13.1. The van der Waals surface area contributed by atoms with E-state index in [1.54, 1.807) is 30.3 Å². The van der Waals surface area contributed by atoms with Crippen molar-refractivity contribution in [1.29, 1.82) is 0 Å². The summed E-state index contributed by atoms with van der Waals surface area (Å²) >= 11 is 0. The number of carbonyl (C=O) groups excluding carboxylic acids is 1. The van der Waals surface area contributed by atoms with Gasteiger partial charge in [-0.1, -0.05) is 12.1 Å². The maximum absolute atomic E-state index is 11.9. The van der Waals surface area contributed by atoms with E-state index in [-0.39, 0.29) is 5.78 Å². The highest BCUT2D eigenvalue weighted by atomic mass is 16.5. The Hall–Kier alpha value is -2.23. The van der Waals surface area contributed by atoms with Crippen LogP contribution in [-0.4, -0.2) is 31.9 Å². The molecule has 0 bridgehead atoms. The summed E-state index contributed by atoms with van der Waals surface area (Å²) in [4.78, 5) is 13.7. The van der Waals surface area contributed by atoms with Crippen LogP contribution < -0.4 is 4.74 Å². The van der Waals surface area contributed by atoms with E-state index in [0.717, 1.165) is 5.39 Å². The molecule has 1 heterocycles. The molecule has 0 saturated carbocycles. The van der Waals surface area contributed by atoms with E-state index in [1.807, 2.05) is 26.2 Å². The van der Waals surface area contributed by atoms with Gasteiger partial charge in [0.05, 0.1) is 7.11 Å². The molecule has 0 fully saturated rings. The number of furan rings is 1. The van der Waals surface area contributed by atoms with Gasteiger partial charge in [-0.25, -0.2) is 0 Å². The van der Waals surface area contributed by atoms with E-state index in [4.69, 9.17) is 9.15 Å². The number of carbonyl (C=O) groups is 1. The first-order chi connectivity index (χ1) is 8.61. The largest absolute Gasteiger partial charge is 0.493 e. The Balaban J connectivity index is 2.38. The summed E-state index contributed by atoms with van der Waals surface area (Å²) < 4.78 is 10.7. The summed E-state index contributed by atoms with van der Waals surface area (Å²) in [7, 11) is 5.28. The normalized spacial score (nSPS) is 11.1. The minimum absolute atomic E-state index is 0.165. The summed E-state index contributed by atoms with van der Waals surface area (Å²) in [5.41, 5.74) is 0.599. The molecule has 0 amide bonds. The molecule has 0 aliphatic carbocycles. The van der Waals surface area contributed by atoms with E-state index in [9.17, 15) is 4.79 Å². The molecule has 0 aliphatic rings. The molecule has 0 saturated heterocycles. The Morgan fingerprint density at radius 3 is 2.83 bits per heavy atom. The second-order valence-corrected chi connectivity index (χ2v) is 4.13. The fourth-order valence-corrected chi connectivity index (χ4v) is 1.62. The van der Waals surface area contributed by atoms with Crippen molar-refractivity contribution in [2.24, 2.45) is 0 Å². The summed E-state index contributed by atoms with van der Waals surface area (Å²) in [6, 6.07) is 7.27. The van der Waals surface area contributed by atoms with Gasteiger partial charge in [0.2, 0.25) is 5.78 Å². The van der Waals surface area contributed by atoms with Crippen LogP contribution in [0.4, 0.5) is 0 Å².